The van der Waals surface area contributed by atoms with Gasteiger partial charge in [-0.1, -0.05) is 114 Å². The van der Waals surface area contributed by atoms with Gasteiger partial charge in [0.2, 0.25) is 0 Å². The van der Waals surface area contributed by atoms with E-state index < -0.39 is 0 Å². The Balaban J connectivity index is 1.34. The van der Waals surface area contributed by atoms with E-state index in [9.17, 15) is 0 Å². The van der Waals surface area contributed by atoms with Gasteiger partial charge in [-0.15, -0.1) is 0 Å². The number of benzene rings is 3. The number of hydrogen-bond donors (Lipinski definition) is 0. The Bertz CT molecular complexity index is 1030. The van der Waals surface area contributed by atoms with E-state index in [4.69, 9.17) is 23.7 Å². The maximum absolute atomic E-state index is 6.61. The van der Waals surface area contributed by atoms with Gasteiger partial charge in [-0.3, -0.25) is 0 Å². The monoisotopic (exact) mass is 600 g/mol. The normalized spacial score (nSPS) is 27.6. The SMILES string of the molecule is ICC1C[C@H]2O[C@H](COCc3ccccc3)[C@H](OCc3ccccc3)[C@H](OCc3ccccc3)[C@H]2O1. The van der Waals surface area contributed by atoms with Crippen LogP contribution < -0.4 is 0 Å². The van der Waals surface area contributed by atoms with Crippen LogP contribution in [0.15, 0.2) is 91.0 Å². The van der Waals surface area contributed by atoms with Crippen molar-refractivity contribution in [3.63, 3.8) is 0 Å². The van der Waals surface area contributed by atoms with Crippen molar-refractivity contribution < 1.29 is 23.7 Å². The molecule has 6 atom stereocenters. The van der Waals surface area contributed by atoms with Gasteiger partial charge in [-0.2, -0.15) is 0 Å². The van der Waals surface area contributed by atoms with Gasteiger partial charge in [-0.25, -0.2) is 0 Å². The van der Waals surface area contributed by atoms with Crippen LogP contribution in [-0.2, 0) is 43.5 Å². The van der Waals surface area contributed by atoms with Crippen LogP contribution in [0.4, 0.5) is 0 Å². The minimum absolute atomic E-state index is 0.0348. The predicted molar refractivity (Wildman–Crippen MR) is 147 cm³/mol. The summed E-state index contributed by atoms with van der Waals surface area (Å²) in [5, 5.41) is 0. The minimum atomic E-state index is -0.320. The van der Waals surface area contributed by atoms with Crippen molar-refractivity contribution in [2.75, 3.05) is 11.0 Å². The second-order valence-corrected chi connectivity index (χ2v) is 10.2. The highest BCUT2D eigenvalue weighted by Crippen LogP contribution is 2.37. The summed E-state index contributed by atoms with van der Waals surface area (Å²) < 4.78 is 33.3. The van der Waals surface area contributed by atoms with Gasteiger partial charge in [-0.05, 0) is 16.7 Å². The number of hydrogen-bond acceptors (Lipinski definition) is 5. The number of rotatable bonds is 11. The number of ether oxygens (including phenoxy) is 5. The molecule has 0 spiro atoms. The lowest BCUT2D eigenvalue weighted by atomic mass is 9.94. The molecule has 6 heteroatoms. The molecule has 190 valence electrons. The van der Waals surface area contributed by atoms with E-state index >= 15 is 0 Å². The smallest absolute Gasteiger partial charge is 0.115 e. The van der Waals surface area contributed by atoms with Gasteiger partial charge in [0.05, 0.1) is 38.6 Å². The highest BCUT2D eigenvalue weighted by molar-refractivity contribution is 14.1. The molecular formula is C30H33IO5. The molecule has 36 heavy (non-hydrogen) atoms. The van der Waals surface area contributed by atoms with Gasteiger partial charge in [0, 0.05) is 10.8 Å². The van der Waals surface area contributed by atoms with Crippen LogP contribution >= 0.6 is 22.6 Å². The van der Waals surface area contributed by atoms with Crippen LogP contribution in [-0.4, -0.2) is 47.7 Å². The standard InChI is InChI=1S/C30H33IO5/c31-17-25-16-26-29(35-25)30(34-20-24-14-8-3-9-15-24)28(33-19-23-12-6-2-7-13-23)27(36-26)21-32-18-22-10-4-1-5-11-22/h1-15,25-30H,16-21H2/t25?,26-,27-,28+,29+,30+/m1/s1. The van der Waals surface area contributed by atoms with Crippen molar-refractivity contribution in [2.45, 2.75) is 62.9 Å². The molecule has 0 aromatic heterocycles. The molecule has 2 fully saturated rings. The molecule has 0 saturated carbocycles. The van der Waals surface area contributed by atoms with Crippen LogP contribution in [0.25, 0.3) is 0 Å². The predicted octanol–water partition coefficient (Wildman–Crippen LogP) is 5.73. The van der Waals surface area contributed by atoms with Crippen molar-refractivity contribution in [1.29, 1.82) is 0 Å². The summed E-state index contributed by atoms with van der Waals surface area (Å²) >= 11 is 2.39. The zero-order chi connectivity index (χ0) is 24.6. The minimum Gasteiger partial charge on any atom is -0.374 e. The molecule has 2 aliphatic heterocycles. The average Bonchev–Trinajstić information content (AvgIpc) is 3.35. The van der Waals surface area contributed by atoms with E-state index in [0.717, 1.165) is 27.5 Å². The maximum atomic E-state index is 6.61. The first-order valence-corrected chi connectivity index (χ1v) is 14.1. The zero-order valence-electron chi connectivity index (χ0n) is 20.3. The molecule has 0 N–H and O–H groups in total. The Morgan fingerprint density at radius 1 is 0.667 bits per heavy atom. The Kier molecular flexibility index (Phi) is 9.41. The third kappa shape index (κ3) is 6.73. The van der Waals surface area contributed by atoms with Crippen LogP contribution in [0.2, 0.25) is 0 Å². The number of alkyl halides is 1. The van der Waals surface area contributed by atoms with Crippen LogP contribution in [0.5, 0.6) is 0 Å². The Morgan fingerprint density at radius 2 is 1.19 bits per heavy atom. The van der Waals surface area contributed by atoms with Gasteiger partial charge in [0.25, 0.3) is 0 Å². The van der Waals surface area contributed by atoms with Crippen molar-refractivity contribution in [3.8, 4) is 0 Å². The highest BCUT2D eigenvalue weighted by atomic mass is 127. The van der Waals surface area contributed by atoms with E-state index in [-0.39, 0.29) is 36.6 Å². The first kappa shape index (κ1) is 25.8. The van der Waals surface area contributed by atoms with Crippen LogP contribution in [0.3, 0.4) is 0 Å². The van der Waals surface area contributed by atoms with E-state index in [2.05, 4.69) is 59.0 Å². The molecule has 3 aromatic carbocycles. The second-order valence-electron chi connectivity index (χ2n) is 9.35. The molecule has 5 rings (SSSR count). The molecule has 2 aliphatic rings. The topological polar surface area (TPSA) is 46.2 Å². The summed E-state index contributed by atoms with van der Waals surface area (Å²) in [6.07, 6.45) is -0.0190. The fraction of sp³-hybridized carbons (Fsp3) is 0.400. The van der Waals surface area contributed by atoms with Gasteiger partial charge in [0.15, 0.2) is 0 Å². The van der Waals surface area contributed by atoms with Gasteiger partial charge >= 0.3 is 0 Å². The fourth-order valence-corrected chi connectivity index (χ4v) is 5.47. The second kappa shape index (κ2) is 13.1. The Hall–Kier alpha value is -1.81. The van der Waals surface area contributed by atoms with Crippen molar-refractivity contribution in [2.24, 2.45) is 0 Å². The molecule has 3 aromatic rings. The third-order valence-corrected chi connectivity index (χ3v) is 7.69. The Labute approximate surface area is 227 Å². The first-order valence-electron chi connectivity index (χ1n) is 12.6. The van der Waals surface area contributed by atoms with Crippen LogP contribution in [0.1, 0.15) is 23.1 Å². The highest BCUT2D eigenvalue weighted by Gasteiger charge is 2.52. The molecular weight excluding hydrogens is 567 g/mol. The lowest BCUT2D eigenvalue weighted by Crippen LogP contribution is -2.59. The molecule has 2 heterocycles. The zero-order valence-corrected chi connectivity index (χ0v) is 22.4. The molecule has 2 saturated heterocycles. The molecule has 5 nitrogen and oxygen atoms in total. The maximum Gasteiger partial charge on any atom is 0.115 e. The number of halogens is 1. The van der Waals surface area contributed by atoms with Gasteiger partial charge < -0.3 is 23.7 Å². The summed E-state index contributed by atoms with van der Waals surface area (Å²) in [7, 11) is 0. The first-order chi connectivity index (χ1) is 17.8. The van der Waals surface area contributed by atoms with Crippen molar-refractivity contribution in [3.05, 3.63) is 108 Å². The van der Waals surface area contributed by atoms with Gasteiger partial charge in [0.1, 0.15) is 24.4 Å². The lowest BCUT2D eigenvalue weighted by Gasteiger charge is -2.43. The molecule has 0 aliphatic carbocycles. The number of fused-ring (bicyclic) bond motifs is 1. The lowest BCUT2D eigenvalue weighted by molar-refractivity contribution is -0.251. The van der Waals surface area contributed by atoms with Crippen LogP contribution in [0, 0.1) is 0 Å². The Morgan fingerprint density at radius 3 is 1.75 bits per heavy atom. The molecule has 0 radical (unpaired) electrons. The van der Waals surface area contributed by atoms with Crippen molar-refractivity contribution >= 4 is 22.6 Å². The molecule has 1 unspecified atom stereocenters. The summed E-state index contributed by atoms with van der Waals surface area (Å²) in [6.45, 7) is 1.93. The average molecular weight is 600 g/mol. The van der Waals surface area contributed by atoms with Crippen molar-refractivity contribution in [1.82, 2.24) is 0 Å². The largest absolute Gasteiger partial charge is 0.374 e. The fourth-order valence-electron chi connectivity index (χ4n) is 4.91. The summed E-state index contributed by atoms with van der Waals surface area (Å²) in [5.41, 5.74) is 3.38. The quantitative estimate of drug-likeness (QED) is 0.208. The third-order valence-electron chi connectivity index (χ3n) is 6.71. The molecule has 0 amide bonds. The summed E-state index contributed by atoms with van der Waals surface area (Å²) in [5.74, 6) is 0. The van der Waals surface area contributed by atoms with E-state index in [1.165, 1.54) is 0 Å². The summed E-state index contributed by atoms with van der Waals surface area (Å²) in [4.78, 5) is 0. The van der Waals surface area contributed by atoms with E-state index in [1.54, 1.807) is 0 Å². The van der Waals surface area contributed by atoms with E-state index in [1.807, 2.05) is 54.6 Å². The summed E-state index contributed by atoms with van der Waals surface area (Å²) in [6, 6.07) is 30.7. The molecule has 0 bridgehead atoms. The van der Waals surface area contributed by atoms with E-state index in [0.29, 0.717) is 26.4 Å².